The molecule has 1 aliphatic heterocycles. The minimum atomic E-state index is 0.371. The number of para-hydroxylation sites is 2. The molecule has 3 nitrogen and oxygen atoms in total. The Morgan fingerprint density at radius 3 is 2.42 bits per heavy atom. The highest BCUT2D eigenvalue weighted by atomic mass is 15.4. The molecule has 3 aromatic rings. The van der Waals surface area contributed by atoms with Crippen molar-refractivity contribution in [3.8, 4) is 0 Å². The van der Waals surface area contributed by atoms with Crippen LogP contribution in [-0.2, 0) is 0 Å². The number of imidazole rings is 1. The molecule has 0 spiro atoms. The number of hydrogen-bond donors (Lipinski definition) is 0. The fourth-order valence-electron chi connectivity index (χ4n) is 4.53. The van der Waals surface area contributed by atoms with Gasteiger partial charge in [0.1, 0.15) is 0 Å². The minimum absolute atomic E-state index is 0.371. The summed E-state index contributed by atoms with van der Waals surface area (Å²) in [5.41, 5.74) is 3.77. The Kier molecular flexibility index (Phi) is 3.32. The third-order valence-corrected chi connectivity index (χ3v) is 5.72. The van der Waals surface area contributed by atoms with E-state index in [0.717, 1.165) is 12.1 Å². The molecule has 1 unspecified atom stereocenters. The van der Waals surface area contributed by atoms with E-state index < -0.39 is 0 Å². The summed E-state index contributed by atoms with van der Waals surface area (Å²) in [6.07, 6.45) is 6.73. The van der Waals surface area contributed by atoms with Gasteiger partial charge in [-0.3, -0.25) is 0 Å². The van der Waals surface area contributed by atoms with E-state index >= 15 is 0 Å². The molecule has 0 bridgehead atoms. The molecule has 1 aromatic heterocycles. The van der Waals surface area contributed by atoms with E-state index in [9.17, 15) is 0 Å². The molecule has 5 rings (SSSR count). The van der Waals surface area contributed by atoms with E-state index in [0.29, 0.717) is 12.1 Å². The third-order valence-electron chi connectivity index (χ3n) is 5.72. The van der Waals surface area contributed by atoms with Crippen molar-refractivity contribution in [2.75, 3.05) is 11.4 Å². The van der Waals surface area contributed by atoms with Crippen molar-refractivity contribution in [1.82, 2.24) is 9.55 Å². The second-order valence-corrected chi connectivity index (χ2v) is 7.14. The first-order chi connectivity index (χ1) is 11.9. The van der Waals surface area contributed by atoms with Gasteiger partial charge in [0.2, 0.25) is 5.95 Å². The van der Waals surface area contributed by atoms with Gasteiger partial charge in [0.05, 0.1) is 17.1 Å². The average molecular weight is 317 g/mol. The van der Waals surface area contributed by atoms with E-state index in [-0.39, 0.29) is 0 Å². The molecule has 1 saturated carbocycles. The van der Waals surface area contributed by atoms with E-state index in [1.807, 2.05) is 0 Å². The molecule has 24 heavy (non-hydrogen) atoms. The Bertz CT molecular complexity index is 846. The summed E-state index contributed by atoms with van der Waals surface area (Å²) in [5, 5.41) is 0. The van der Waals surface area contributed by atoms with Gasteiger partial charge in [-0.2, -0.15) is 0 Å². The van der Waals surface area contributed by atoms with Crippen LogP contribution >= 0.6 is 0 Å². The number of fused-ring (bicyclic) bond motifs is 3. The summed E-state index contributed by atoms with van der Waals surface area (Å²) in [6, 6.07) is 20.5. The standard InChI is InChI=1S/C21H23N3/c1-3-9-16(10-4-1)20-15-23(17-11-5-2-6-12-17)21-22-18-13-7-8-14-19(18)24(20)21/h1,3-4,7-10,13-14,17,20H,2,5-6,11-12,15H2. The first kappa shape index (κ1) is 14.1. The molecular formula is C21H23N3. The normalized spacial score (nSPS) is 21.3. The van der Waals surface area contributed by atoms with Crippen LogP contribution in [0.15, 0.2) is 54.6 Å². The minimum Gasteiger partial charge on any atom is -0.337 e. The van der Waals surface area contributed by atoms with Crippen LogP contribution in [0, 0.1) is 0 Å². The Hall–Kier alpha value is -2.29. The van der Waals surface area contributed by atoms with Crippen LogP contribution in [-0.4, -0.2) is 22.1 Å². The number of nitrogens with zero attached hydrogens (tertiary/aromatic N) is 3. The first-order valence-corrected chi connectivity index (χ1v) is 9.20. The Morgan fingerprint density at radius 1 is 0.833 bits per heavy atom. The van der Waals surface area contributed by atoms with Crippen molar-refractivity contribution >= 4 is 17.0 Å². The van der Waals surface area contributed by atoms with Gasteiger partial charge in [-0.1, -0.05) is 61.7 Å². The van der Waals surface area contributed by atoms with Crippen LogP contribution in [0.3, 0.4) is 0 Å². The van der Waals surface area contributed by atoms with Gasteiger partial charge in [0.15, 0.2) is 0 Å². The number of benzene rings is 2. The van der Waals surface area contributed by atoms with E-state index in [2.05, 4.69) is 64.1 Å². The van der Waals surface area contributed by atoms with Gasteiger partial charge < -0.3 is 9.47 Å². The fraction of sp³-hybridized carbons (Fsp3) is 0.381. The van der Waals surface area contributed by atoms with Crippen molar-refractivity contribution in [2.24, 2.45) is 0 Å². The highest BCUT2D eigenvalue weighted by Gasteiger charge is 2.36. The predicted molar refractivity (Wildman–Crippen MR) is 98.5 cm³/mol. The van der Waals surface area contributed by atoms with Crippen LogP contribution in [0.4, 0.5) is 5.95 Å². The maximum atomic E-state index is 5.01. The highest BCUT2D eigenvalue weighted by molar-refractivity contribution is 5.80. The zero-order chi connectivity index (χ0) is 15.9. The third kappa shape index (κ3) is 2.15. The van der Waals surface area contributed by atoms with E-state index in [1.165, 1.54) is 49.1 Å². The van der Waals surface area contributed by atoms with Crippen molar-refractivity contribution < 1.29 is 0 Å². The van der Waals surface area contributed by atoms with Crippen LogP contribution in [0.5, 0.6) is 0 Å². The topological polar surface area (TPSA) is 21.1 Å². The Morgan fingerprint density at radius 2 is 1.58 bits per heavy atom. The molecule has 122 valence electrons. The maximum absolute atomic E-state index is 5.01. The van der Waals surface area contributed by atoms with Crippen molar-refractivity contribution in [3.63, 3.8) is 0 Å². The maximum Gasteiger partial charge on any atom is 0.207 e. The van der Waals surface area contributed by atoms with Crippen LogP contribution in [0.1, 0.15) is 43.7 Å². The lowest BCUT2D eigenvalue weighted by molar-refractivity contribution is 0.416. The highest BCUT2D eigenvalue weighted by Crippen LogP contribution is 2.40. The van der Waals surface area contributed by atoms with E-state index in [4.69, 9.17) is 4.98 Å². The van der Waals surface area contributed by atoms with Gasteiger partial charge in [-0.15, -0.1) is 0 Å². The molecule has 0 amide bonds. The zero-order valence-electron chi connectivity index (χ0n) is 13.9. The van der Waals surface area contributed by atoms with Gasteiger partial charge in [-0.05, 0) is 30.5 Å². The van der Waals surface area contributed by atoms with Crippen molar-refractivity contribution in [3.05, 3.63) is 60.2 Å². The monoisotopic (exact) mass is 317 g/mol. The van der Waals surface area contributed by atoms with Crippen molar-refractivity contribution in [2.45, 2.75) is 44.2 Å². The number of aromatic nitrogens is 2. The first-order valence-electron chi connectivity index (χ1n) is 9.20. The summed E-state index contributed by atoms with van der Waals surface area (Å²) < 4.78 is 2.47. The molecule has 0 N–H and O–H groups in total. The van der Waals surface area contributed by atoms with Crippen LogP contribution in [0.2, 0.25) is 0 Å². The molecule has 1 aliphatic carbocycles. The summed E-state index contributed by atoms with van der Waals surface area (Å²) in [6.45, 7) is 1.06. The Labute approximate surface area is 142 Å². The van der Waals surface area contributed by atoms with Gasteiger partial charge >= 0.3 is 0 Å². The predicted octanol–water partition coefficient (Wildman–Crippen LogP) is 4.78. The smallest absolute Gasteiger partial charge is 0.207 e. The summed E-state index contributed by atoms with van der Waals surface area (Å²) in [7, 11) is 0. The van der Waals surface area contributed by atoms with E-state index in [1.54, 1.807) is 0 Å². The average Bonchev–Trinajstić information content (AvgIpc) is 3.20. The quantitative estimate of drug-likeness (QED) is 0.678. The number of hydrogen-bond acceptors (Lipinski definition) is 2. The fourth-order valence-corrected chi connectivity index (χ4v) is 4.53. The summed E-state index contributed by atoms with van der Waals surface area (Å²) in [4.78, 5) is 7.61. The van der Waals surface area contributed by atoms with Gasteiger partial charge in [0.25, 0.3) is 0 Å². The molecule has 2 heterocycles. The molecule has 3 heteroatoms. The number of anilines is 1. The SMILES string of the molecule is c1ccc(C2CN(C3CCCCC3)c3nc4ccccc4n32)cc1. The second kappa shape index (κ2) is 5.66. The zero-order valence-corrected chi connectivity index (χ0v) is 13.9. The summed E-state index contributed by atoms with van der Waals surface area (Å²) >= 11 is 0. The Balaban J connectivity index is 1.64. The van der Waals surface area contributed by atoms with Crippen LogP contribution in [0.25, 0.3) is 11.0 Å². The molecule has 0 radical (unpaired) electrons. The lowest BCUT2D eigenvalue weighted by Crippen LogP contribution is -2.36. The number of rotatable bonds is 2. The molecule has 2 aliphatic rings. The van der Waals surface area contributed by atoms with Crippen molar-refractivity contribution in [1.29, 1.82) is 0 Å². The summed E-state index contributed by atoms with van der Waals surface area (Å²) in [5.74, 6) is 1.18. The molecule has 2 aromatic carbocycles. The second-order valence-electron chi connectivity index (χ2n) is 7.14. The molecule has 0 saturated heterocycles. The largest absolute Gasteiger partial charge is 0.337 e. The van der Waals surface area contributed by atoms with Gasteiger partial charge in [-0.25, -0.2) is 4.98 Å². The lowest BCUT2D eigenvalue weighted by atomic mass is 9.94. The molecular weight excluding hydrogens is 294 g/mol. The van der Waals surface area contributed by atoms with Gasteiger partial charge in [0, 0.05) is 12.6 Å². The molecule has 1 fully saturated rings. The lowest BCUT2D eigenvalue weighted by Gasteiger charge is -2.31. The molecule has 1 atom stereocenters. The van der Waals surface area contributed by atoms with Crippen LogP contribution < -0.4 is 4.90 Å².